The Hall–Kier alpha value is -0.950. The van der Waals surface area contributed by atoms with Gasteiger partial charge in [0.2, 0.25) is 0 Å². The van der Waals surface area contributed by atoms with Gasteiger partial charge in [-0.2, -0.15) is 0 Å². The van der Waals surface area contributed by atoms with E-state index in [-0.39, 0.29) is 5.91 Å². The number of rotatable bonds is 4. The van der Waals surface area contributed by atoms with Gasteiger partial charge in [0.15, 0.2) is 0 Å². The number of halogens is 2. The average Bonchev–Trinajstić information content (AvgIpc) is 2.47. The van der Waals surface area contributed by atoms with Crippen molar-refractivity contribution in [2.45, 2.75) is 13.5 Å². The van der Waals surface area contributed by atoms with Crippen LogP contribution in [0, 0.1) is 3.57 Å². The van der Waals surface area contributed by atoms with Gasteiger partial charge in [-0.05, 0) is 75.8 Å². The third-order valence-electron chi connectivity index (χ3n) is 2.91. The number of aromatic nitrogens is 1. The monoisotopic (exact) mass is 444 g/mol. The van der Waals surface area contributed by atoms with Crippen molar-refractivity contribution in [1.29, 1.82) is 0 Å². The van der Waals surface area contributed by atoms with Gasteiger partial charge in [-0.3, -0.25) is 9.78 Å². The van der Waals surface area contributed by atoms with Crippen LogP contribution >= 0.6 is 38.5 Å². The zero-order valence-corrected chi connectivity index (χ0v) is 14.8. The minimum Gasteiger partial charge on any atom is -0.333 e. The van der Waals surface area contributed by atoms with E-state index < -0.39 is 0 Å². The molecule has 0 aliphatic heterocycles. The highest BCUT2D eigenvalue weighted by Gasteiger charge is 2.17. The van der Waals surface area contributed by atoms with Gasteiger partial charge >= 0.3 is 0 Å². The second kappa shape index (κ2) is 7.17. The second-order valence-electron chi connectivity index (χ2n) is 4.26. The molecule has 1 aromatic carbocycles. The molecule has 104 valence electrons. The van der Waals surface area contributed by atoms with Crippen LogP contribution in [0.4, 0.5) is 0 Å². The third-order valence-corrected chi connectivity index (χ3v) is 4.27. The van der Waals surface area contributed by atoms with Gasteiger partial charge in [0.25, 0.3) is 5.91 Å². The first-order chi connectivity index (χ1) is 9.61. The number of carbonyl (C=O) groups is 1. The van der Waals surface area contributed by atoms with E-state index in [2.05, 4.69) is 43.5 Å². The summed E-state index contributed by atoms with van der Waals surface area (Å²) in [7, 11) is 0. The Bertz CT molecular complexity index is 604. The standard InChI is InChI=1S/C15H14BrIN2O/c1-2-19(10-12-5-3-4-8-18-12)15(20)13-9-11(17)6-7-14(13)16/h3-9H,2,10H2,1H3. The Balaban J connectivity index is 2.23. The fraction of sp³-hybridized carbons (Fsp3) is 0.200. The molecule has 5 heteroatoms. The molecule has 2 rings (SSSR count). The molecule has 1 aromatic heterocycles. The molecule has 3 nitrogen and oxygen atoms in total. The van der Waals surface area contributed by atoms with Gasteiger partial charge in [-0.1, -0.05) is 6.07 Å². The van der Waals surface area contributed by atoms with Crippen LogP contribution < -0.4 is 0 Å². The van der Waals surface area contributed by atoms with Crippen LogP contribution in [0.1, 0.15) is 23.0 Å². The molecule has 0 bridgehead atoms. The molecule has 0 atom stereocenters. The molecule has 2 aromatic rings. The Labute approximate surface area is 140 Å². The van der Waals surface area contributed by atoms with E-state index in [1.807, 2.05) is 43.3 Å². The number of hydrogen-bond donors (Lipinski definition) is 0. The first kappa shape index (κ1) is 15.4. The zero-order chi connectivity index (χ0) is 14.5. The maximum atomic E-state index is 12.6. The summed E-state index contributed by atoms with van der Waals surface area (Å²) in [6.07, 6.45) is 1.75. The Morgan fingerprint density at radius 3 is 2.80 bits per heavy atom. The molecule has 0 fully saturated rings. The summed E-state index contributed by atoms with van der Waals surface area (Å²) >= 11 is 5.66. The van der Waals surface area contributed by atoms with Crippen molar-refractivity contribution >= 4 is 44.4 Å². The second-order valence-corrected chi connectivity index (χ2v) is 6.36. The lowest BCUT2D eigenvalue weighted by molar-refractivity contribution is 0.0749. The van der Waals surface area contributed by atoms with Crippen LogP contribution in [-0.2, 0) is 6.54 Å². The predicted octanol–water partition coefficient (Wildman–Crippen LogP) is 4.11. The van der Waals surface area contributed by atoms with Crippen LogP contribution in [0.3, 0.4) is 0 Å². The zero-order valence-electron chi connectivity index (χ0n) is 11.0. The molecular formula is C15H14BrIN2O. The molecule has 0 aliphatic rings. The minimum absolute atomic E-state index is 0.0172. The molecule has 0 saturated carbocycles. The third kappa shape index (κ3) is 3.79. The largest absolute Gasteiger partial charge is 0.333 e. The lowest BCUT2D eigenvalue weighted by atomic mass is 10.2. The van der Waals surface area contributed by atoms with E-state index in [1.54, 1.807) is 11.1 Å². The fourth-order valence-electron chi connectivity index (χ4n) is 1.85. The smallest absolute Gasteiger partial charge is 0.255 e. The highest BCUT2D eigenvalue weighted by atomic mass is 127. The quantitative estimate of drug-likeness (QED) is 0.665. The van der Waals surface area contributed by atoms with E-state index in [4.69, 9.17) is 0 Å². The van der Waals surface area contributed by atoms with E-state index in [1.165, 1.54) is 0 Å². The van der Waals surface area contributed by atoms with Crippen LogP contribution in [0.2, 0.25) is 0 Å². The Morgan fingerprint density at radius 1 is 1.35 bits per heavy atom. The number of pyridine rings is 1. The Kier molecular flexibility index (Phi) is 5.54. The summed E-state index contributed by atoms with van der Waals surface area (Å²) in [4.78, 5) is 18.7. The number of hydrogen-bond acceptors (Lipinski definition) is 2. The van der Waals surface area contributed by atoms with Crippen molar-refractivity contribution in [3.8, 4) is 0 Å². The molecule has 0 spiro atoms. The first-order valence-electron chi connectivity index (χ1n) is 6.26. The van der Waals surface area contributed by atoms with Crippen LogP contribution in [0.25, 0.3) is 0 Å². The van der Waals surface area contributed by atoms with Gasteiger partial charge in [-0.25, -0.2) is 0 Å². The molecule has 1 heterocycles. The minimum atomic E-state index is 0.0172. The summed E-state index contributed by atoms with van der Waals surface area (Å²) in [5.41, 5.74) is 1.58. The van der Waals surface area contributed by atoms with Crippen molar-refractivity contribution in [2.24, 2.45) is 0 Å². The SMILES string of the molecule is CCN(Cc1ccccn1)C(=O)c1cc(I)ccc1Br. The first-order valence-corrected chi connectivity index (χ1v) is 8.13. The molecule has 0 N–H and O–H groups in total. The van der Waals surface area contributed by atoms with Crippen molar-refractivity contribution < 1.29 is 4.79 Å². The number of nitrogens with zero attached hydrogens (tertiary/aromatic N) is 2. The van der Waals surface area contributed by atoms with Gasteiger partial charge in [0, 0.05) is 20.8 Å². The number of amides is 1. The summed E-state index contributed by atoms with van der Waals surface area (Å²) in [6.45, 7) is 3.14. The maximum absolute atomic E-state index is 12.6. The molecule has 0 radical (unpaired) electrons. The van der Waals surface area contributed by atoms with Crippen molar-refractivity contribution in [3.05, 3.63) is 61.9 Å². The van der Waals surface area contributed by atoms with Crippen LogP contribution in [0.15, 0.2) is 47.1 Å². The molecule has 0 aliphatic carbocycles. The molecular weight excluding hydrogens is 431 g/mol. The van der Waals surface area contributed by atoms with Crippen LogP contribution in [-0.4, -0.2) is 22.3 Å². The lowest BCUT2D eigenvalue weighted by Gasteiger charge is -2.21. The topological polar surface area (TPSA) is 33.2 Å². The molecule has 0 unspecified atom stereocenters. The predicted molar refractivity (Wildman–Crippen MR) is 91.5 cm³/mol. The van der Waals surface area contributed by atoms with E-state index >= 15 is 0 Å². The highest BCUT2D eigenvalue weighted by Crippen LogP contribution is 2.21. The van der Waals surface area contributed by atoms with Crippen molar-refractivity contribution in [2.75, 3.05) is 6.54 Å². The van der Waals surface area contributed by atoms with E-state index in [9.17, 15) is 4.79 Å². The van der Waals surface area contributed by atoms with Crippen molar-refractivity contribution in [3.63, 3.8) is 0 Å². The van der Waals surface area contributed by atoms with Gasteiger partial charge in [0.05, 0.1) is 17.8 Å². The maximum Gasteiger partial charge on any atom is 0.255 e. The fourth-order valence-corrected chi connectivity index (χ4v) is 2.75. The summed E-state index contributed by atoms with van der Waals surface area (Å²) < 4.78 is 1.87. The molecule has 20 heavy (non-hydrogen) atoms. The Morgan fingerprint density at radius 2 is 2.15 bits per heavy atom. The molecule has 1 amide bonds. The summed E-state index contributed by atoms with van der Waals surface area (Å²) in [6, 6.07) is 11.5. The van der Waals surface area contributed by atoms with E-state index in [0.29, 0.717) is 18.7 Å². The normalized spacial score (nSPS) is 10.3. The lowest BCUT2D eigenvalue weighted by Crippen LogP contribution is -2.31. The van der Waals surface area contributed by atoms with Gasteiger partial charge < -0.3 is 4.90 Å². The van der Waals surface area contributed by atoms with Gasteiger partial charge in [0.1, 0.15) is 0 Å². The number of benzene rings is 1. The highest BCUT2D eigenvalue weighted by molar-refractivity contribution is 14.1. The summed E-state index contributed by atoms with van der Waals surface area (Å²) in [5, 5.41) is 0. The van der Waals surface area contributed by atoms with E-state index in [0.717, 1.165) is 13.7 Å². The molecule has 0 saturated heterocycles. The van der Waals surface area contributed by atoms with Crippen LogP contribution in [0.5, 0.6) is 0 Å². The number of carbonyl (C=O) groups excluding carboxylic acids is 1. The van der Waals surface area contributed by atoms with Crippen molar-refractivity contribution in [1.82, 2.24) is 9.88 Å². The summed E-state index contributed by atoms with van der Waals surface area (Å²) in [5.74, 6) is 0.0172. The average molecular weight is 445 g/mol. The van der Waals surface area contributed by atoms with Gasteiger partial charge in [-0.15, -0.1) is 0 Å².